The minimum atomic E-state index is -0.134. The van der Waals surface area contributed by atoms with Crippen LogP contribution in [0.25, 0.3) is 0 Å². The third-order valence-corrected chi connectivity index (χ3v) is 4.37. The number of hydrogen-bond acceptors (Lipinski definition) is 2. The second kappa shape index (κ2) is 7.84. The summed E-state index contributed by atoms with van der Waals surface area (Å²) in [7, 11) is 0. The molecule has 2 aromatic rings. The molecule has 24 heavy (non-hydrogen) atoms. The Morgan fingerprint density at radius 3 is 2.21 bits per heavy atom. The third kappa shape index (κ3) is 5.38. The average Bonchev–Trinajstić information content (AvgIpc) is 2.53. The second-order valence-electron chi connectivity index (χ2n) is 6.90. The lowest BCUT2D eigenvalue weighted by Crippen LogP contribution is -2.31. The molecule has 0 aliphatic heterocycles. The van der Waals surface area contributed by atoms with E-state index in [1.807, 2.05) is 31.2 Å². The highest BCUT2D eigenvalue weighted by atomic mass is 79.9. The highest BCUT2D eigenvalue weighted by Gasteiger charge is 2.15. The fourth-order valence-electron chi connectivity index (χ4n) is 2.32. The number of carbonyl (C=O) groups is 1. The Morgan fingerprint density at radius 1 is 1.08 bits per heavy atom. The molecule has 0 aliphatic carbocycles. The van der Waals surface area contributed by atoms with Gasteiger partial charge in [0.2, 0.25) is 0 Å². The van der Waals surface area contributed by atoms with Gasteiger partial charge in [-0.2, -0.15) is 0 Å². The maximum absolute atomic E-state index is 12.0. The molecule has 0 aliphatic rings. The summed E-state index contributed by atoms with van der Waals surface area (Å²) in [6.45, 7) is 8.54. The minimum Gasteiger partial charge on any atom is -0.484 e. The van der Waals surface area contributed by atoms with Crippen LogP contribution in [0.2, 0.25) is 0 Å². The Hall–Kier alpha value is -1.81. The molecule has 1 amide bonds. The quantitative estimate of drug-likeness (QED) is 0.780. The van der Waals surface area contributed by atoms with E-state index in [1.165, 1.54) is 5.56 Å². The summed E-state index contributed by atoms with van der Waals surface area (Å²) in [6.07, 6.45) is 0. The van der Waals surface area contributed by atoms with Gasteiger partial charge in [0.1, 0.15) is 5.75 Å². The highest BCUT2D eigenvalue weighted by molar-refractivity contribution is 9.10. The molecule has 0 fully saturated rings. The number of ether oxygens (including phenoxy) is 1. The first-order valence-electron chi connectivity index (χ1n) is 8.04. The van der Waals surface area contributed by atoms with Crippen molar-refractivity contribution in [2.24, 2.45) is 0 Å². The Kier molecular flexibility index (Phi) is 6.05. The van der Waals surface area contributed by atoms with E-state index in [0.717, 1.165) is 10.0 Å². The number of halogens is 1. The summed E-state index contributed by atoms with van der Waals surface area (Å²) in [6, 6.07) is 15.7. The Morgan fingerprint density at radius 2 is 1.67 bits per heavy atom. The van der Waals surface area contributed by atoms with Gasteiger partial charge in [-0.1, -0.05) is 61.0 Å². The zero-order valence-corrected chi connectivity index (χ0v) is 16.2. The molecule has 0 heterocycles. The Balaban J connectivity index is 1.88. The van der Waals surface area contributed by atoms with Crippen LogP contribution < -0.4 is 10.1 Å². The van der Waals surface area contributed by atoms with Crippen LogP contribution in [0, 0.1) is 0 Å². The van der Waals surface area contributed by atoms with Crippen molar-refractivity contribution < 1.29 is 9.53 Å². The van der Waals surface area contributed by atoms with Gasteiger partial charge in [-0.25, -0.2) is 0 Å². The molecule has 2 aromatic carbocycles. The summed E-state index contributed by atoms with van der Waals surface area (Å²) in [5.74, 6) is 0.542. The van der Waals surface area contributed by atoms with Crippen LogP contribution in [0.3, 0.4) is 0 Å². The van der Waals surface area contributed by atoms with Gasteiger partial charge in [0.15, 0.2) is 6.61 Å². The van der Waals surface area contributed by atoms with E-state index in [4.69, 9.17) is 4.74 Å². The number of nitrogens with one attached hydrogen (secondary N) is 1. The summed E-state index contributed by atoms with van der Waals surface area (Å²) in [5.41, 5.74) is 2.49. The lowest BCUT2D eigenvalue weighted by Gasteiger charge is -2.20. The fraction of sp³-hybridized carbons (Fsp3) is 0.350. The Labute approximate surface area is 152 Å². The van der Waals surface area contributed by atoms with Gasteiger partial charge in [0, 0.05) is 4.47 Å². The molecule has 4 heteroatoms. The third-order valence-electron chi connectivity index (χ3n) is 3.84. The zero-order chi connectivity index (χ0) is 17.7. The smallest absolute Gasteiger partial charge is 0.258 e. The van der Waals surface area contributed by atoms with E-state index in [9.17, 15) is 4.79 Å². The van der Waals surface area contributed by atoms with Crippen LogP contribution in [0.1, 0.15) is 44.9 Å². The Bertz CT molecular complexity index is 672. The molecule has 3 nitrogen and oxygen atoms in total. The van der Waals surface area contributed by atoms with Gasteiger partial charge in [-0.05, 0) is 47.7 Å². The largest absolute Gasteiger partial charge is 0.484 e. The summed E-state index contributed by atoms with van der Waals surface area (Å²) in [5, 5.41) is 2.96. The van der Waals surface area contributed by atoms with Gasteiger partial charge in [0.25, 0.3) is 5.91 Å². The van der Waals surface area contributed by atoms with E-state index >= 15 is 0 Å². The van der Waals surface area contributed by atoms with Crippen LogP contribution in [0.5, 0.6) is 5.75 Å². The first-order valence-corrected chi connectivity index (χ1v) is 8.83. The molecule has 1 atom stereocenters. The molecule has 0 saturated heterocycles. The van der Waals surface area contributed by atoms with Crippen LogP contribution >= 0.6 is 15.9 Å². The van der Waals surface area contributed by atoms with E-state index in [0.29, 0.717) is 5.75 Å². The van der Waals surface area contributed by atoms with E-state index in [2.05, 4.69) is 66.3 Å². The minimum absolute atomic E-state index is 0.00600. The number of hydrogen-bond donors (Lipinski definition) is 1. The molecule has 2 rings (SSSR count). The van der Waals surface area contributed by atoms with Crippen LogP contribution in [0.15, 0.2) is 53.0 Å². The fourth-order valence-corrected chi connectivity index (χ4v) is 2.58. The van der Waals surface area contributed by atoms with Crippen LogP contribution in [-0.2, 0) is 10.2 Å². The van der Waals surface area contributed by atoms with Crippen molar-refractivity contribution in [1.82, 2.24) is 5.32 Å². The molecule has 1 N–H and O–H groups in total. The van der Waals surface area contributed by atoms with Crippen molar-refractivity contribution in [3.63, 3.8) is 0 Å². The van der Waals surface area contributed by atoms with E-state index in [1.54, 1.807) is 0 Å². The normalized spacial score (nSPS) is 12.5. The average molecular weight is 390 g/mol. The molecule has 0 saturated carbocycles. The SMILES string of the molecule is CC(NC(=O)COc1ccc(Br)cc1)c1ccc(C(C)(C)C)cc1. The van der Waals surface area contributed by atoms with Crippen molar-refractivity contribution in [2.75, 3.05) is 6.61 Å². The second-order valence-corrected chi connectivity index (χ2v) is 7.82. The van der Waals surface area contributed by atoms with Gasteiger partial charge >= 0.3 is 0 Å². The van der Waals surface area contributed by atoms with Crippen LogP contribution in [-0.4, -0.2) is 12.5 Å². The summed E-state index contributed by atoms with van der Waals surface area (Å²) in [4.78, 5) is 12.0. The number of rotatable bonds is 5. The van der Waals surface area contributed by atoms with Gasteiger partial charge < -0.3 is 10.1 Å². The van der Waals surface area contributed by atoms with Crippen LogP contribution in [0.4, 0.5) is 0 Å². The predicted octanol–water partition coefficient (Wildman–Crippen LogP) is 5.00. The molecule has 0 bridgehead atoms. The lowest BCUT2D eigenvalue weighted by atomic mass is 9.86. The molecule has 0 radical (unpaired) electrons. The molecule has 0 aromatic heterocycles. The number of benzene rings is 2. The summed E-state index contributed by atoms with van der Waals surface area (Å²) < 4.78 is 6.47. The van der Waals surface area contributed by atoms with Crippen molar-refractivity contribution in [1.29, 1.82) is 0 Å². The summed E-state index contributed by atoms with van der Waals surface area (Å²) >= 11 is 3.37. The predicted molar refractivity (Wildman–Crippen MR) is 101 cm³/mol. The zero-order valence-electron chi connectivity index (χ0n) is 14.6. The van der Waals surface area contributed by atoms with Gasteiger partial charge in [0.05, 0.1) is 6.04 Å². The first kappa shape index (κ1) is 18.5. The maximum atomic E-state index is 12.0. The van der Waals surface area contributed by atoms with Gasteiger partial charge in [-0.15, -0.1) is 0 Å². The molecular weight excluding hydrogens is 366 g/mol. The van der Waals surface area contributed by atoms with Crippen molar-refractivity contribution in [3.8, 4) is 5.75 Å². The van der Waals surface area contributed by atoms with E-state index < -0.39 is 0 Å². The van der Waals surface area contributed by atoms with E-state index in [-0.39, 0.29) is 24.0 Å². The molecule has 1 unspecified atom stereocenters. The number of carbonyl (C=O) groups excluding carboxylic acids is 1. The lowest BCUT2D eigenvalue weighted by molar-refractivity contribution is -0.123. The van der Waals surface area contributed by atoms with Crippen molar-refractivity contribution in [2.45, 2.75) is 39.2 Å². The maximum Gasteiger partial charge on any atom is 0.258 e. The highest BCUT2D eigenvalue weighted by Crippen LogP contribution is 2.24. The first-order chi connectivity index (χ1) is 11.3. The van der Waals surface area contributed by atoms with Crippen molar-refractivity contribution in [3.05, 3.63) is 64.1 Å². The molecule has 0 spiro atoms. The number of amides is 1. The monoisotopic (exact) mass is 389 g/mol. The van der Waals surface area contributed by atoms with Gasteiger partial charge in [-0.3, -0.25) is 4.79 Å². The standard InChI is InChI=1S/C20H24BrNO2/c1-14(15-5-7-16(8-6-15)20(2,3)4)22-19(23)13-24-18-11-9-17(21)10-12-18/h5-12,14H,13H2,1-4H3,(H,22,23). The molecular formula is C20H24BrNO2. The molecule has 128 valence electrons. The topological polar surface area (TPSA) is 38.3 Å². The van der Waals surface area contributed by atoms with Crippen molar-refractivity contribution >= 4 is 21.8 Å².